The van der Waals surface area contributed by atoms with Crippen LogP contribution in [-0.2, 0) is 11.3 Å². The fourth-order valence-electron chi connectivity index (χ4n) is 2.91. The molecule has 1 atom stereocenters. The first-order chi connectivity index (χ1) is 11.3. The Hall–Kier alpha value is -2.53. The number of nitrogens with one attached hydrogen (secondary N) is 1. The average molecular weight is 310 g/mol. The van der Waals surface area contributed by atoms with E-state index < -0.39 is 0 Å². The third-order valence-electron chi connectivity index (χ3n) is 4.13. The summed E-state index contributed by atoms with van der Waals surface area (Å²) < 4.78 is 11.8. The van der Waals surface area contributed by atoms with Gasteiger partial charge < -0.3 is 14.8 Å². The molecule has 2 aromatic rings. The summed E-state index contributed by atoms with van der Waals surface area (Å²) in [7, 11) is 0. The molecule has 0 bridgehead atoms. The van der Waals surface area contributed by atoms with Crippen molar-refractivity contribution < 1.29 is 14.3 Å². The number of carbonyl (C=O) groups excluding carboxylic acids is 1. The van der Waals surface area contributed by atoms with Crippen molar-refractivity contribution in [3.8, 4) is 11.5 Å². The standard InChI is InChI=1S/C18H18N2O3/c21-18-10-20(12-19-18)9-13-5-7-14(8-6-13)17-11-22-15-3-1-2-4-16(15)23-17/h1-8,17H,9-12H2,(H,19,21). The van der Waals surface area contributed by atoms with Gasteiger partial charge in [0.05, 0.1) is 13.2 Å². The molecule has 23 heavy (non-hydrogen) atoms. The SMILES string of the molecule is O=C1CN(Cc2ccc(C3COc4ccccc4O3)cc2)CN1. The molecule has 118 valence electrons. The number of hydrogen-bond acceptors (Lipinski definition) is 4. The number of benzene rings is 2. The molecule has 1 unspecified atom stereocenters. The summed E-state index contributed by atoms with van der Waals surface area (Å²) in [6, 6.07) is 16.0. The maximum absolute atomic E-state index is 11.2. The number of hydrogen-bond donors (Lipinski definition) is 1. The number of fused-ring (bicyclic) bond motifs is 1. The summed E-state index contributed by atoms with van der Waals surface area (Å²) in [5.41, 5.74) is 2.28. The van der Waals surface area contributed by atoms with Crippen molar-refractivity contribution in [3.63, 3.8) is 0 Å². The van der Waals surface area contributed by atoms with E-state index in [-0.39, 0.29) is 12.0 Å². The number of rotatable bonds is 3. The Morgan fingerprint density at radius 3 is 2.61 bits per heavy atom. The molecule has 0 aromatic heterocycles. The predicted octanol–water partition coefficient (Wildman–Crippen LogP) is 2.09. The maximum Gasteiger partial charge on any atom is 0.235 e. The highest BCUT2D eigenvalue weighted by Crippen LogP contribution is 2.35. The van der Waals surface area contributed by atoms with Crippen molar-refractivity contribution in [2.45, 2.75) is 12.6 Å². The van der Waals surface area contributed by atoms with Crippen molar-refractivity contribution in [3.05, 3.63) is 59.7 Å². The zero-order valence-electron chi connectivity index (χ0n) is 12.7. The van der Waals surface area contributed by atoms with E-state index in [9.17, 15) is 4.79 Å². The van der Waals surface area contributed by atoms with Gasteiger partial charge >= 0.3 is 0 Å². The third-order valence-corrected chi connectivity index (χ3v) is 4.13. The van der Waals surface area contributed by atoms with Crippen LogP contribution in [0.3, 0.4) is 0 Å². The van der Waals surface area contributed by atoms with E-state index in [2.05, 4.69) is 34.5 Å². The van der Waals surface area contributed by atoms with Crippen LogP contribution in [0, 0.1) is 0 Å². The molecule has 0 aliphatic carbocycles. The fourth-order valence-corrected chi connectivity index (χ4v) is 2.91. The lowest BCUT2D eigenvalue weighted by Crippen LogP contribution is -2.22. The molecule has 2 heterocycles. The highest BCUT2D eigenvalue weighted by Gasteiger charge is 2.22. The van der Waals surface area contributed by atoms with Gasteiger partial charge in [-0.2, -0.15) is 0 Å². The first-order valence-corrected chi connectivity index (χ1v) is 7.74. The van der Waals surface area contributed by atoms with Gasteiger partial charge in [0.15, 0.2) is 17.6 Å². The van der Waals surface area contributed by atoms with Crippen molar-refractivity contribution in [2.75, 3.05) is 19.8 Å². The third kappa shape index (κ3) is 3.00. The minimum absolute atomic E-state index is 0.0889. The lowest BCUT2D eigenvalue weighted by Gasteiger charge is -2.26. The van der Waals surface area contributed by atoms with Gasteiger partial charge in [-0.05, 0) is 23.3 Å². The van der Waals surface area contributed by atoms with Gasteiger partial charge in [-0.3, -0.25) is 9.69 Å². The Labute approximate surface area is 134 Å². The average Bonchev–Trinajstić information content (AvgIpc) is 3.00. The zero-order valence-corrected chi connectivity index (χ0v) is 12.7. The Morgan fingerprint density at radius 2 is 1.87 bits per heavy atom. The van der Waals surface area contributed by atoms with Crippen LogP contribution < -0.4 is 14.8 Å². The van der Waals surface area contributed by atoms with Crippen LogP contribution in [-0.4, -0.2) is 30.6 Å². The van der Waals surface area contributed by atoms with Crippen LogP contribution in [0.15, 0.2) is 48.5 Å². The lowest BCUT2D eigenvalue weighted by molar-refractivity contribution is -0.118. The van der Waals surface area contributed by atoms with Crippen LogP contribution in [0.5, 0.6) is 11.5 Å². The molecule has 2 aromatic carbocycles. The fraction of sp³-hybridized carbons (Fsp3) is 0.278. The second-order valence-electron chi connectivity index (χ2n) is 5.85. The van der Waals surface area contributed by atoms with Gasteiger partial charge in [-0.25, -0.2) is 0 Å². The lowest BCUT2D eigenvalue weighted by atomic mass is 10.1. The van der Waals surface area contributed by atoms with Crippen LogP contribution in [0.2, 0.25) is 0 Å². The molecule has 5 heteroatoms. The highest BCUT2D eigenvalue weighted by atomic mass is 16.6. The molecular weight excluding hydrogens is 292 g/mol. The summed E-state index contributed by atoms with van der Waals surface area (Å²) >= 11 is 0. The van der Waals surface area contributed by atoms with Crippen LogP contribution in [0.1, 0.15) is 17.2 Å². The van der Waals surface area contributed by atoms with Crippen molar-refractivity contribution >= 4 is 5.91 Å². The van der Waals surface area contributed by atoms with Crippen molar-refractivity contribution in [1.29, 1.82) is 0 Å². The smallest absolute Gasteiger partial charge is 0.235 e. The number of carbonyl (C=O) groups is 1. The number of ether oxygens (including phenoxy) is 2. The Bertz CT molecular complexity index is 714. The van der Waals surface area contributed by atoms with Gasteiger partial charge in [0.1, 0.15) is 6.61 Å². The largest absolute Gasteiger partial charge is 0.485 e. The molecule has 1 saturated heterocycles. The molecule has 1 N–H and O–H groups in total. The van der Waals surface area contributed by atoms with E-state index >= 15 is 0 Å². The van der Waals surface area contributed by atoms with Gasteiger partial charge in [0.2, 0.25) is 5.91 Å². The molecule has 5 nitrogen and oxygen atoms in total. The minimum Gasteiger partial charge on any atom is -0.485 e. The zero-order chi connectivity index (χ0) is 15.6. The maximum atomic E-state index is 11.2. The normalized spacial score (nSPS) is 20.3. The molecule has 4 rings (SSSR count). The summed E-state index contributed by atoms with van der Waals surface area (Å²) in [4.78, 5) is 13.3. The number of amides is 1. The van der Waals surface area contributed by atoms with E-state index in [1.54, 1.807) is 0 Å². The number of para-hydroxylation sites is 2. The van der Waals surface area contributed by atoms with Crippen LogP contribution >= 0.6 is 0 Å². The topological polar surface area (TPSA) is 50.8 Å². The monoisotopic (exact) mass is 310 g/mol. The first kappa shape index (κ1) is 14.1. The quantitative estimate of drug-likeness (QED) is 0.943. The molecule has 2 aliphatic heterocycles. The summed E-state index contributed by atoms with van der Waals surface area (Å²) in [5.74, 6) is 1.68. The van der Waals surface area contributed by atoms with Gasteiger partial charge in [0, 0.05) is 6.54 Å². The van der Waals surface area contributed by atoms with Crippen molar-refractivity contribution in [2.24, 2.45) is 0 Å². The summed E-state index contributed by atoms with van der Waals surface area (Å²) in [6.45, 7) is 2.37. The second-order valence-corrected chi connectivity index (χ2v) is 5.85. The van der Waals surface area contributed by atoms with Gasteiger partial charge in [-0.15, -0.1) is 0 Å². The van der Waals surface area contributed by atoms with Gasteiger partial charge in [0.25, 0.3) is 0 Å². The Kier molecular flexibility index (Phi) is 3.63. The summed E-state index contributed by atoms with van der Waals surface area (Å²) in [5, 5.41) is 2.81. The van der Waals surface area contributed by atoms with E-state index in [4.69, 9.17) is 9.47 Å². The Balaban J connectivity index is 1.43. The van der Waals surface area contributed by atoms with Crippen LogP contribution in [0.25, 0.3) is 0 Å². The minimum atomic E-state index is -0.0889. The highest BCUT2D eigenvalue weighted by molar-refractivity contribution is 5.79. The molecule has 1 fully saturated rings. The first-order valence-electron chi connectivity index (χ1n) is 7.74. The van der Waals surface area contributed by atoms with E-state index in [0.29, 0.717) is 19.8 Å². The molecule has 0 radical (unpaired) electrons. The van der Waals surface area contributed by atoms with E-state index in [1.807, 2.05) is 24.3 Å². The van der Waals surface area contributed by atoms with E-state index in [1.165, 1.54) is 5.56 Å². The molecular formula is C18H18N2O3. The van der Waals surface area contributed by atoms with E-state index in [0.717, 1.165) is 23.6 Å². The van der Waals surface area contributed by atoms with Crippen molar-refractivity contribution in [1.82, 2.24) is 10.2 Å². The second kappa shape index (κ2) is 5.93. The Morgan fingerprint density at radius 1 is 1.09 bits per heavy atom. The molecule has 2 aliphatic rings. The van der Waals surface area contributed by atoms with Gasteiger partial charge in [-0.1, -0.05) is 36.4 Å². The molecule has 1 amide bonds. The predicted molar refractivity (Wildman–Crippen MR) is 85.2 cm³/mol. The molecule has 0 spiro atoms. The molecule has 0 saturated carbocycles. The van der Waals surface area contributed by atoms with Crippen LogP contribution in [0.4, 0.5) is 0 Å². The number of nitrogens with zero attached hydrogens (tertiary/aromatic N) is 1. The summed E-state index contributed by atoms with van der Waals surface area (Å²) in [6.07, 6.45) is -0.0889.